The topological polar surface area (TPSA) is 42.7 Å². The molecule has 19 heavy (non-hydrogen) atoms. The number of nitrogens with zero attached hydrogens (tertiary/aromatic N) is 3. The standard InChI is InChI=1S/C15H22N4/c1-5-16-15-18-17-14(19(15)6-2)13-9-7-12(8-10-13)11(3)4/h7-11H,5-6H2,1-4H3,(H,16,18). The molecule has 0 amide bonds. The van der Waals surface area contributed by atoms with Crippen LogP contribution in [0.15, 0.2) is 24.3 Å². The first kappa shape index (κ1) is 13.6. The molecule has 0 atom stereocenters. The van der Waals surface area contributed by atoms with Gasteiger partial charge in [-0.15, -0.1) is 10.2 Å². The Bertz CT molecular complexity index is 526. The molecule has 0 bridgehead atoms. The van der Waals surface area contributed by atoms with Crippen LogP contribution < -0.4 is 5.32 Å². The summed E-state index contributed by atoms with van der Waals surface area (Å²) < 4.78 is 2.11. The molecule has 1 aromatic carbocycles. The minimum atomic E-state index is 0.551. The Labute approximate surface area is 114 Å². The SMILES string of the molecule is CCNc1nnc(-c2ccc(C(C)C)cc2)n1CC. The zero-order valence-electron chi connectivity index (χ0n) is 12.1. The molecule has 0 aliphatic rings. The lowest BCUT2D eigenvalue weighted by Crippen LogP contribution is -2.06. The fourth-order valence-electron chi connectivity index (χ4n) is 2.12. The number of aromatic nitrogens is 3. The number of nitrogens with one attached hydrogen (secondary N) is 1. The summed E-state index contributed by atoms with van der Waals surface area (Å²) in [6.07, 6.45) is 0. The molecular formula is C15H22N4. The van der Waals surface area contributed by atoms with Gasteiger partial charge in [0.1, 0.15) is 0 Å². The maximum atomic E-state index is 4.30. The molecule has 2 aromatic rings. The van der Waals surface area contributed by atoms with E-state index >= 15 is 0 Å². The maximum absolute atomic E-state index is 4.30. The molecule has 0 aliphatic heterocycles. The zero-order chi connectivity index (χ0) is 13.8. The molecule has 0 saturated carbocycles. The van der Waals surface area contributed by atoms with Crippen LogP contribution in [0.3, 0.4) is 0 Å². The quantitative estimate of drug-likeness (QED) is 0.892. The summed E-state index contributed by atoms with van der Waals surface area (Å²) >= 11 is 0. The van der Waals surface area contributed by atoms with E-state index < -0.39 is 0 Å². The Kier molecular flexibility index (Phi) is 4.20. The fourth-order valence-corrected chi connectivity index (χ4v) is 2.12. The van der Waals surface area contributed by atoms with E-state index in [2.05, 4.69) is 72.0 Å². The summed E-state index contributed by atoms with van der Waals surface area (Å²) in [4.78, 5) is 0. The smallest absolute Gasteiger partial charge is 0.224 e. The molecule has 2 rings (SSSR count). The van der Waals surface area contributed by atoms with E-state index in [4.69, 9.17) is 0 Å². The molecule has 0 fully saturated rings. The summed E-state index contributed by atoms with van der Waals surface area (Å²) in [6.45, 7) is 10.3. The molecule has 0 radical (unpaired) electrons. The van der Waals surface area contributed by atoms with Gasteiger partial charge in [0.05, 0.1) is 0 Å². The molecule has 0 spiro atoms. The Morgan fingerprint density at radius 1 is 1.11 bits per heavy atom. The predicted molar refractivity (Wildman–Crippen MR) is 79.4 cm³/mol. The van der Waals surface area contributed by atoms with Gasteiger partial charge in [-0.1, -0.05) is 38.1 Å². The van der Waals surface area contributed by atoms with Gasteiger partial charge < -0.3 is 5.32 Å². The van der Waals surface area contributed by atoms with Crippen LogP contribution in [0.25, 0.3) is 11.4 Å². The van der Waals surface area contributed by atoms with E-state index in [1.165, 1.54) is 5.56 Å². The Hall–Kier alpha value is -1.84. The molecule has 0 aliphatic carbocycles. The van der Waals surface area contributed by atoms with Gasteiger partial charge in [-0.2, -0.15) is 0 Å². The summed E-state index contributed by atoms with van der Waals surface area (Å²) in [5.41, 5.74) is 2.46. The van der Waals surface area contributed by atoms with Gasteiger partial charge in [-0.05, 0) is 25.3 Å². The highest BCUT2D eigenvalue weighted by atomic mass is 15.3. The second-order valence-electron chi connectivity index (χ2n) is 4.90. The van der Waals surface area contributed by atoms with E-state index in [-0.39, 0.29) is 0 Å². The molecule has 1 heterocycles. The van der Waals surface area contributed by atoms with E-state index in [0.717, 1.165) is 30.4 Å². The largest absolute Gasteiger partial charge is 0.355 e. The van der Waals surface area contributed by atoms with Crippen LogP contribution in [0.2, 0.25) is 0 Å². The van der Waals surface area contributed by atoms with E-state index in [0.29, 0.717) is 5.92 Å². The molecule has 4 nitrogen and oxygen atoms in total. The monoisotopic (exact) mass is 258 g/mol. The highest BCUT2D eigenvalue weighted by molar-refractivity contribution is 5.58. The van der Waals surface area contributed by atoms with Gasteiger partial charge in [0.15, 0.2) is 5.82 Å². The second-order valence-corrected chi connectivity index (χ2v) is 4.90. The van der Waals surface area contributed by atoms with Crippen molar-refractivity contribution in [2.75, 3.05) is 11.9 Å². The second kappa shape index (κ2) is 5.87. The van der Waals surface area contributed by atoms with Crippen LogP contribution >= 0.6 is 0 Å². The Balaban J connectivity index is 2.35. The first-order valence-electron chi connectivity index (χ1n) is 6.94. The molecular weight excluding hydrogens is 236 g/mol. The number of hydrogen-bond acceptors (Lipinski definition) is 3. The van der Waals surface area contributed by atoms with Crippen molar-refractivity contribution in [1.82, 2.24) is 14.8 Å². The minimum absolute atomic E-state index is 0.551. The molecule has 0 unspecified atom stereocenters. The third-order valence-corrected chi connectivity index (χ3v) is 3.24. The van der Waals surface area contributed by atoms with E-state index in [9.17, 15) is 0 Å². The molecule has 1 N–H and O–H groups in total. The van der Waals surface area contributed by atoms with E-state index in [1.807, 2.05) is 0 Å². The number of rotatable bonds is 5. The lowest BCUT2D eigenvalue weighted by molar-refractivity contribution is 0.770. The number of anilines is 1. The Morgan fingerprint density at radius 2 is 1.79 bits per heavy atom. The fraction of sp³-hybridized carbons (Fsp3) is 0.467. The molecule has 0 saturated heterocycles. The normalized spacial score (nSPS) is 11.0. The molecule has 102 valence electrons. The summed E-state index contributed by atoms with van der Waals surface area (Å²) in [5, 5.41) is 11.7. The van der Waals surface area contributed by atoms with Gasteiger partial charge >= 0.3 is 0 Å². The Morgan fingerprint density at radius 3 is 2.32 bits per heavy atom. The van der Waals surface area contributed by atoms with Crippen LogP contribution in [-0.2, 0) is 6.54 Å². The van der Waals surface area contributed by atoms with Crippen LogP contribution in [-0.4, -0.2) is 21.3 Å². The summed E-state index contributed by atoms with van der Waals surface area (Å²) in [5.74, 6) is 2.32. The van der Waals surface area contributed by atoms with Gasteiger partial charge in [0, 0.05) is 18.7 Å². The minimum Gasteiger partial charge on any atom is -0.355 e. The first-order valence-corrected chi connectivity index (χ1v) is 6.94. The average molecular weight is 258 g/mol. The lowest BCUT2D eigenvalue weighted by atomic mass is 10.0. The third-order valence-electron chi connectivity index (χ3n) is 3.24. The van der Waals surface area contributed by atoms with Crippen molar-refractivity contribution in [3.63, 3.8) is 0 Å². The van der Waals surface area contributed by atoms with Crippen molar-refractivity contribution < 1.29 is 0 Å². The highest BCUT2D eigenvalue weighted by Gasteiger charge is 2.12. The first-order chi connectivity index (χ1) is 9.17. The summed E-state index contributed by atoms with van der Waals surface area (Å²) in [7, 11) is 0. The van der Waals surface area contributed by atoms with Gasteiger partial charge in [0.25, 0.3) is 0 Å². The van der Waals surface area contributed by atoms with Crippen molar-refractivity contribution in [2.24, 2.45) is 0 Å². The third kappa shape index (κ3) is 2.78. The summed E-state index contributed by atoms with van der Waals surface area (Å²) in [6, 6.07) is 8.59. The van der Waals surface area contributed by atoms with Crippen LogP contribution in [0.4, 0.5) is 5.95 Å². The van der Waals surface area contributed by atoms with Crippen molar-refractivity contribution in [3.05, 3.63) is 29.8 Å². The molecule has 1 aromatic heterocycles. The predicted octanol–water partition coefficient (Wildman–Crippen LogP) is 3.52. The van der Waals surface area contributed by atoms with Crippen molar-refractivity contribution in [2.45, 2.75) is 40.2 Å². The number of hydrogen-bond donors (Lipinski definition) is 1. The van der Waals surface area contributed by atoms with Crippen LogP contribution in [0.5, 0.6) is 0 Å². The molecule has 4 heteroatoms. The highest BCUT2D eigenvalue weighted by Crippen LogP contribution is 2.23. The van der Waals surface area contributed by atoms with Gasteiger partial charge in [-0.3, -0.25) is 4.57 Å². The lowest BCUT2D eigenvalue weighted by Gasteiger charge is -2.09. The van der Waals surface area contributed by atoms with Crippen molar-refractivity contribution in [3.8, 4) is 11.4 Å². The van der Waals surface area contributed by atoms with Crippen LogP contribution in [0, 0.1) is 0 Å². The van der Waals surface area contributed by atoms with E-state index in [1.54, 1.807) is 0 Å². The van der Waals surface area contributed by atoms with Gasteiger partial charge in [0.2, 0.25) is 5.95 Å². The van der Waals surface area contributed by atoms with Crippen molar-refractivity contribution >= 4 is 5.95 Å². The zero-order valence-corrected chi connectivity index (χ0v) is 12.1. The number of benzene rings is 1. The van der Waals surface area contributed by atoms with Crippen molar-refractivity contribution in [1.29, 1.82) is 0 Å². The average Bonchev–Trinajstić information content (AvgIpc) is 2.82. The maximum Gasteiger partial charge on any atom is 0.224 e. The van der Waals surface area contributed by atoms with Gasteiger partial charge in [-0.25, -0.2) is 0 Å². The van der Waals surface area contributed by atoms with Crippen LogP contribution in [0.1, 0.15) is 39.2 Å².